The largest absolute Gasteiger partial charge is 0.469 e. The first-order valence-electron chi connectivity index (χ1n) is 6.24. The number of phosphoric acid groups is 1. The van der Waals surface area contributed by atoms with Crippen LogP contribution in [0.25, 0.3) is 0 Å². The molecule has 1 heterocycles. The lowest BCUT2D eigenvalue weighted by Crippen LogP contribution is -2.55. The Balaban J connectivity index is 2.14. The van der Waals surface area contributed by atoms with Crippen molar-refractivity contribution in [3.05, 3.63) is 35.9 Å². The molecule has 0 bridgehead atoms. The van der Waals surface area contributed by atoms with E-state index in [-0.39, 0.29) is 0 Å². The van der Waals surface area contributed by atoms with E-state index < -0.39 is 44.9 Å². The standard InChI is InChI=1S/C12H17O8P/c13-9-8(6-19-21(16,17)18)20-12(11(15)10(9)14)7-4-2-1-3-5-7/h1-5,8-15H,6H2,(H2,16,17,18). The van der Waals surface area contributed by atoms with Crippen molar-refractivity contribution in [3.8, 4) is 0 Å². The van der Waals surface area contributed by atoms with Gasteiger partial charge in [-0.25, -0.2) is 4.57 Å². The van der Waals surface area contributed by atoms with Gasteiger partial charge in [-0.05, 0) is 5.56 Å². The maximum absolute atomic E-state index is 10.7. The van der Waals surface area contributed by atoms with Crippen molar-refractivity contribution < 1.29 is 38.9 Å². The maximum atomic E-state index is 10.7. The molecule has 0 radical (unpaired) electrons. The van der Waals surface area contributed by atoms with Gasteiger partial charge in [0.1, 0.15) is 30.5 Å². The average Bonchev–Trinajstić information content (AvgIpc) is 2.44. The Morgan fingerprint density at radius 3 is 2.24 bits per heavy atom. The highest BCUT2D eigenvalue weighted by Crippen LogP contribution is 2.38. The lowest BCUT2D eigenvalue weighted by molar-refractivity contribution is -0.230. The van der Waals surface area contributed by atoms with Crippen molar-refractivity contribution in [2.75, 3.05) is 6.61 Å². The minimum atomic E-state index is -4.72. The fourth-order valence-electron chi connectivity index (χ4n) is 2.18. The summed E-state index contributed by atoms with van der Waals surface area (Å²) < 4.78 is 20.4. The van der Waals surface area contributed by atoms with E-state index in [0.717, 1.165) is 0 Å². The van der Waals surface area contributed by atoms with E-state index in [4.69, 9.17) is 14.5 Å². The lowest BCUT2D eigenvalue weighted by atomic mass is 9.91. The van der Waals surface area contributed by atoms with Gasteiger partial charge in [-0.3, -0.25) is 4.52 Å². The van der Waals surface area contributed by atoms with E-state index in [2.05, 4.69) is 4.52 Å². The molecule has 0 amide bonds. The molecule has 0 saturated carbocycles. The number of phosphoric ester groups is 1. The Bertz CT molecular complexity index is 503. The van der Waals surface area contributed by atoms with Crippen molar-refractivity contribution in [3.63, 3.8) is 0 Å². The molecule has 21 heavy (non-hydrogen) atoms. The molecular formula is C12H17O8P. The van der Waals surface area contributed by atoms with Crippen LogP contribution in [0, 0.1) is 0 Å². The number of aliphatic hydroxyl groups is 3. The van der Waals surface area contributed by atoms with Crippen LogP contribution in [0.15, 0.2) is 30.3 Å². The summed E-state index contributed by atoms with van der Waals surface area (Å²) in [5, 5.41) is 29.6. The second-order valence-corrected chi connectivity index (χ2v) is 6.00. The smallest absolute Gasteiger partial charge is 0.388 e. The normalized spacial score (nSPS) is 33.9. The molecule has 1 aliphatic rings. The fourth-order valence-corrected chi connectivity index (χ4v) is 2.52. The first-order chi connectivity index (χ1) is 9.79. The summed E-state index contributed by atoms with van der Waals surface area (Å²) in [5.41, 5.74) is 0.567. The highest BCUT2D eigenvalue weighted by Gasteiger charge is 2.44. The van der Waals surface area contributed by atoms with Crippen LogP contribution in [0.4, 0.5) is 0 Å². The minimum absolute atomic E-state index is 0.567. The van der Waals surface area contributed by atoms with Crippen LogP contribution >= 0.6 is 7.82 Å². The fraction of sp³-hybridized carbons (Fsp3) is 0.500. The summed E-state index contributed by atoms with van der Waals surface area (Å²) >= 11 is 0. The van der Waals surface area contributed by atoms with Gasteiger partial charge in [-0.2, -0.15) is 0 Å². The second kappa shape index (κ2) is 6.51. The molecule has 9 heteroatoms. The quantitative estimate of drug-likeness (QED) is 0.460. The van der Waals surface area contributed by atoms with Crippen LogP contribution in [0.1, 0.15) is 11.7 Å². The third kappa shape index (κ3) is 4.09. The first-order valence-corrected chi connectivity index (χ1v) is 7.77. The molecule has 1 aromatic rings. The van der Waals surface area contributed by atoms with Crippen LogP contribution in [-0.4, -0.2) is 56.1 Å². The number of benzene rings is 1. The lowest BCUT2D eigenvalue weighted by Gasteiger charge is -2.40. The van der Waals surface area contributed by atoms with Gasteiger partial charge in [0.2, 0.25) is 0 Å². The van der Waals surface area contributed by atoms with Crippen LogP contribution in [0.2, 0.25) is 0 Å². The molecule has 5 unspecified atom stereocenters. The Hall–Kier alpha value is -0.830. The summed E-state index contributed by atoms with van der Waals surface area (Å²) in [7, 11) is -4.72. The van der Waals surface area contributed by atoms with E-state index in [1.807, 2.05) is 0 Å². The summed E-state index contributed by atoms with van der Waals surface area (Å²) in [5.74, 6) is 0. The average molecular weight is 320 g/mol. The van der Waals surface area contributed by atoms with E-state index in [1.165, 1.54) is 0 Å². The van der Waals surface area contributed by atoms with E-state index in [9.17, 15) is 19.9 Å². The van der Waals surface area contributed by atoms with Gasteiger partial charge in [-0.15, -0.1) is 0 Å². The molecule has 1 fully saturated rings. The highest BCUT2D eigenvalue weighted by molar-refractivity contribution is 7.46. The zero-order chi connectivity index (χ0) is 15.6. The van der Waals surface area contributed by atoms with Gasteiger partial charge in [0.05, 0.1) is 6.61 Å². The van der Waals surface area contributed by atoms with Crippen LogP contribution in [-0.2, 0) is 13.8 Å². The Kier molecular flexibility index (Phi) is 5.13. The summed E-state index contributed by atoms with van der Waals surface area (Å²) in [6, 6.07) is 8.52. The van der Waals surface area contributed by atoms with Gasteiger partial charge >= 0.3 is 7.82 Å². The van der Waals surface area contributed by atoms with Gasteiger partial charge in [0.25, 0.3) is 0 Å². The summed E-state index contributed by atoms with van der Waals surface area (Å²) in [6.45, 7) is -0.613. The van der Waals surface area contributed by atoms with E-state index in [1.54, 1.807) is 30.3 Å². The van der Waals surface area contributed by atoms with Gasteiger partial charge in [0, 0.05) is 0 Å². The number of rotatable bonds is 4. The molecule has 118 valence electrons. The zero-order valence-electron chi connectivity index (χ0n) is 10.9. The van der Waals surface area contributed by atoms with Crippen molar-refractivity contribution in [1.82, 2.24) is 0 Å². The van der Waals surface area contributed by atoms with Gasteiger partial charge < -0.3 is 29.8 Å². The van der Waals surface area contributed by atoms with Crippen molar-refractivity contribution in [1.29, 1.82) is 0 Å². The number of hydrogen-bond donors (Lipinski definition) is 5. The molecule has 8 nitrogen and oxygen atoms in total. The molecule has 0 aromatic heterocycles. The summed E-state index contributed by atoms with van der Waals surface area (Å²) in [4.78, 5) is 17.4. The third-order valence-corrected chi connectivity index (χ3v) is 3.73. The van der Waals surface area contributed by atoms with Gasteiger partial charge in [0.15, 0.2) is 0 Å². The highest BCUT2D eigenvalue weighted by atomic mass is 31.2. The molecule has 1 saturated heterocycles. The van der Waals surface area contributed by atoms with Crippen molar-refractivity contribution >= 4 is 7.82 Å². The molecule has 5 N–H and O–H groups in total. The molecular weight excluding hydrogens is 303 g/mol. The minimum Gasteiger partial charge on any atom is -0.388 e. The second-order valence-electron chi connectivity index (χ2n) is 4.76. The molecule has 0 aliphatic carbocycles. The molecule has 1 aromatic carbocycles. The monoisotopic (exact) mass is 320 g/mol. The first kappa shape index (κ1) is 16.5. The summed E-state index contributed by atoms with van der Waals surface area (Å²) in [6.07, 6.45) is -6.52. The number of aliphatic hydroxyl groups excluding tert-OH is 3. The predicted octanol–water partition coefficient (Wildman–Crippen LogP) is -0.681. The van der Waals surface area contributed by atoms with E-state index in [0.29, 0.717) is 5.56 Å². The molecule has 5 atom stereocenters. The van der Waals surface area contributed by atoms with Crippen molar-refractivity contribution in [2.24, 2.45) is 0 Å². The van der Waals surface area contributed by atoms with E-state index >= 15 is 0 Å². The molecule has 1 aliphatic heterocycles. The maximum Gasteiger partial charge on any atom is 0.469 e. The Morgan fingerprint density at radius 1 is 1.05 bits per heavy atom. The number of hydrogen-bond acceptors (Lipinski definition) is 6. The molecule has 0 spiro atoms. The zero-order valence-corrected chi connectivity index (χ0v) is 11.8. The van der Waals surface area contributed by atoms with Gasteiger partial charge in [-0.1, -0.05) is 30.3 Å². The third-order valence-electron chi connectivity index (χ3n) is 3.25. The SMILES string of the molecule is O=P(O)(O)OCC1OC(c2ccccc2)C(O)C(O)C1O. The topological polar surface area (TPSA) is 137 Å². The van der Waals surface area contributed by atoms with Crippen LogP contribution in [0.3, 0.4) is 0 Å². The molecule has 2 rings (SSSR count). The number of ether oxygens (including phenoxy) is 1. The predicted molar refractivity (Wildman–Crippen MR) is 70.1 cm³/mol. The van der Waals surface area contributed by atoms with Crippen LogP contribution in [0.5, 0.6) is 0 Å². The van der Waals surface area contributed by atoms with Crippen LogP contribution < -0.4 is 0 Å². The van der Waals surface area contributed by atoms with Crippen molar-refractivity contribution in [2.45, 2.75) is 30.5 Å². The Morgan fingerprint density at radius 2 is 1.67 bits per heavy atom. The Labute approximate surface area is 120 Å².